The van der Waals surface area contributed by atoms with Crippen LogP contribution in [0.4, 0.5) is 0 Å². The summed E-state index contributed by atoms with van der Waals surface area (Å²) in [5.41, 5.74) is 0.401. The molecule has 0 saturated carbocycles. The number of aromatic nitrogens is 1. The second-order valence-corrected chi connectivity index (χ2v) is 6.57. The molecule has 0 unspecified atom stereocenters. The molecule has 1 saturated heterocycles. The number of halogens is 1. The molecule has 0 aromatic carbocycles. The molecule has 0 N–H and O–H groups in total. The number of Topliss-reactive ketones (excluding diaryl/α,β-unsaturated/α-hetero) is 1. The first-order valence-electron chi connectivity index (χ1n) is 6.16. The second kappa shape index (κ2) is 4.68. The quantitative estimate of drug-likeness (QED) is 0.476. The van der Waals surface area contributed by atoms with Gasteiger partial charge in [-0.05, 0) is 61.2 Å². The van der Waals surface area contributed by atoms with Crippen LogP contribution in [0, 0.1) is 0 Å². The minimum Gasteiger partial charge on any atom is -0.399 e. The molecule has 0 atom stereocenters. The highest BCUT2D eigenvalue weighted by Gasteiger charge is 2.51. The zero-order valence-electron chi connectivity index (χ0n) is 11.8. The Balaban J connectivity index is 2.37. The summed E-state index contributed by atoms with van der Waals surface area (Å²) in [6, 6.07) is 3.53. The van der Waals surface area contributed by atoms with Gasteiger partial charge in [0.1, 0.15) is 10.3 Å². The minimum atomic E-state index is -0.484. The van der Waals surface area contributed by atoms with E-state index < -0.39 is 18.3 Å². The van der Waals surface area contributed by atoms with Crippen molar-refractivity contribution in [3.05, 3.63) is 22.4 Å². The summed E-state index contributed by atoms with van der Waals surface area (Å²) >= 11 is 3.31. The van der Waals surface area contributed by atoms with Gasteiger partial charge in [0.2, 0.25) is 0 Å². The fourth-order valence-corrected chi connectivity index (χ4v) is 2.27. The monoisotopic (exact) mass is 325 g/mol. The number of carbonyl (C=O) groups excluding carboxylic acids is 1. The van der Waals surface area contributed by atoms with E-state index in [1.807, 2.05) is 33.8 Å². The van der Waals surface area contributed by atoms with Crippen molar-refractivity contribution in [2.75, 3.05) is 0 Å². The Hall–Kier alpha value is -0.715. The third-order valence-electron chi connectivity index (χ3n) is 3.70. The van der Waals surface area contributed by atoms with Crippen LogP contribution in [0.1, 0.15) is 45.1 Å². The fourth-order valence-electron chi connectivity index (χ4n) is 1.81. The number of ketones is 1. The Kier molecular flexibility index (Phi) is 3.62. The first kappa shape index (κ1) is 14.7. The van der Waals surface area contributed by atoms with E-state index >= 15 is 0 Å². The lowest BCUT2D eigenvalue weighted by atomic mass is 9.79. The highest BCUT2D eigenvalue weighted by molar-refractivity contribution is 9.10. The van der Waals surface area contributed by atoms with Gasteiger partial charge >= 0.3 is 7.12 Å². The van der Waals surface area contributed by atoms with Gasteiger partial charge in [0.15, 0.2) is 5.78 Å². The van der Waals surface area contributed by atoms with Gasteiger partial charge in [0.25, 0.3) is 0 Å². The molecule has 0 aliphatic carbocycles. The van der Waals surface area contributed by atoms with E-state index in [4.69, 9.17) is 9.31 Å². The number of pyridine rings is 1. The Morgan fingerprint density at radius 1 is 1.21 bits per heavy atom. The molecule has 1 aliphatic heterocycles. The van der Waals surface area contributed by atoms with Crippen molar-refractivity contribution in [2.45, 2.75) is 45.8 Å². The Morgan fingerprint density at radius 2 is 1.74 bits per heavy atom. The van der Waals surface area contributed by atoms with Gasteiger partial charge in [-0.15, -0.1) is 0 Å². The zero-order valence-corrected chi connectivity index (χ0v) is 13.4. The summed E-state index contributed by atoms with van der Waals surface area (Å²) in [6.45, 7) is 9.47. The van der Waals surface area contributed by atoms with Gasteiger partial charge in [-0.3, -0.25) is 4.79 Å². The summed E-state index contributed by atoms with van der Waals surface area (Å²) in [5, 5.41) is 0. The molecular formula is C13H17BBrNO3. The van der Waals surface area contributed by atoms with E-state index in [2.05, 4.69) is 20.9 Å². The lowest BCUT2D eigenvalue weighted by molar-refractivity contribution is 0.00578. The number of nitrogens with zero attached hydrogens (tertiary/aromatic N) is 1. The maximum atomic E-state index is 11.5. The lowest BCUT2D eigenvalue weighted by Gasteiger charge is -2.32. The van der Waals surface area contributed by atoms with Crippen molar-refractivity contribution in [2.24, 2.45) is 0 Å². The van der Waals surface area contributed by atoms with Crippen molar-refractivity contribution in [1.29, 1.82) is 0 Å². The minimum absolute atomic E-state index is 0.0842. The summed E-state index contributed by atoms with van der Waals surface area (Å²) in [6.07, 6.45) is 0. The largest absolute Gasteiger partial charge is 0.495 e. The van der Waals surface area contributed by atoms with Crippen molar-refractivity contribution in [3.8, 4) is 0 Å². The average Bonchev–Trinajstić information content (AvgIpc) is 2.47. The topological polar surface area (TPSA) is 48.4 Å². The molecule has 19 heavy (non-hydrogen) atoms. The van der Waals surface area contributed by atoms with Crippen molar-refractivity contribution >= 4 is 34.3 Å². The molecule has 2 heterocycles. The molecule has 0 spiro atoms. The third kappa shape index (κ3) is 2.76. The Labute approximate surface area is 122 Å². The standard InChI is InChI=1S/C13H17BBrNO3/c1-8(17)10-6-9(7-11(15)16-10)14-18-12(2,3)13(4,5)19-14/h6-7H,1-5H3. The van der Waals surface area contributed by atoms with E-state index in [0.29, 0.717) is 10.3 Å². The smallest absolute Gasteiger partial charge is 0.399 e. The molecule has 0 bridgehead atoms. The Bertz CT molecular complexity index is 515. The maximum absolute atomic E-state index is 11.5. The number of rotatable bonds is 2. The zero-order chi connectivity index (χ0) is 14.4. The van der Waals surface area contributed by atoms with Crippen molar-refractivity contribution in [3.63, 3.8) is 0 Å². The maximum Gasteiger partial charge on any atom is 0.495 e. The normalized spacial score (nSPS) is 20.6. The lowest BCUT2D eigenvalue weighted by Crippen LogP contribution is -2.41. The van der Waals surface area contributed by atoms with E-state index in [1.54, 1.807) is 6.07 Å². The molecule has 1 fully saturated rings. The van der Waals surface area contributed by atoms with Gasteiger partial charge in [0.05, 0.1) is 11.2 Å². The highest BCUT2D eigenvalue weighted by atomic mass is 79.9. The average molecular weight is 326 g/mol. The first-order valence-corrected chi connectivity index (χ1v) is 6.96. The molecule has 0 radical (unpaired) electrons. The van der Waals surface area contributed by atoms with E-state index in [0.717, 1.165) is 5.46 Å². The van der Waals surface area contributed by atoms with Gasteiger partial charge in [-0.25, -0.2) is 4.98 Å². The first-order chi connectivity index (χ1) is 8.62. The van der Waals surface area contributed by atoms with Crippen molar-refractivity contribution in [1.82, 2.24) is 4.98 Å². The third-order valence-corrected chi connectivity index (χ3v) is 4.11. The van der Waals surface area contributed by atoms with Gasteiger partial charge in [-0.2, -0.15) is 0 Å². The summed E-state index contributed by atoms with van der Waals surface area (Å²) < 4.78 is 12.5. The number of carbonyl (C=O) groups is 1. The van der Waals surface area contributed by atoms with Crippen molar-refractivity contribution < 1.29 is 14.1 Å². The van der Waals surface area contributed by atoms with Crippen LogP contribution >= 0.6 is 15.9 Å². The highest BCUT2D eigenvalue weighted by Crippen LogP contribution is 2.36. The SMILES string of the molecule is CC(=O)c1cc(B2OC(C)(C)C(C)(C)O2)cc(Br)n1. The fraction of sp³-hybridized carbons (Fsp3) is 0.538. The van der Waals surface area contributed by atoms with Crippen LogP contribution in [-0.2, 0) is 9.31 Å². The van der Waals surface area contributed by atoms with E-state index in [1.165, 1.54) is 6.92 Å². The summed E-state index contributed by atoms with van der Waals surface area (Å²) in [5.74, 6) is -0.0842. The van der Waals surface area contributed by atoms with Gasteiger partial charge in [0, 0.05) is 6.92 Å². The molecule has 0 amide bonds. The van der Waals surface area contributed by atoms with E-state index in [-0.39, 0.29) is 5.78 Å². The molecule has 1 aliphatic rings. The van der Waals surface area contributed by atoms with Crippen LogP contribution in [0.15, 0.2) is 16.7 Å². The van der Waals surface area contributed by atoms with Gasteiger partial charge in [-0.1, -0.05) is 0 Å². The molecule has 1 aromatic rings. The Morgan fingerprint density at radius 3 is 2.21 bits per heavy atom. The molecule has 4 nitrogen and oxygen atoms in total. The van der Waals surface area contributed by atoms with E-state index in [9.17, 15) is 4.79 Å². The van der Waals surface area contributed by atoms with Gasteiger partial charge < -0.3 is 9.31 Å². The number of hydrogen-bond donors (Lipinski definition) is 0. The van der Waals surface area contributed by atoms with Crippen LogP contribution in [0.5, 0.6) is 0 Å². The molecular weight excluding hydrogens is 309 g/mol. The summed E-state index contributed by atoms with van der Waals surface area (Å²) in [7, 11) is -0.484. The molecule has 1 aromatic heterocycles. The van der Waals surface area contributed by atoms with Crippen LogP contribution in [0.25, 0.3) is 0 Å². The van der Waals surface area contributed by atoms with Crippen LogP contribution < -0.4 is 5.46 Å². The predicted molar refractivity (Wildman–Crippen MR) is 77.7 cm³/mol. The van der Waals surface area contributed by atoms with Crippen LogP contribution in [0.2, 0.25) is 0 Å². The summed E-state index contributed by atoms with van der Waals surface area (Å²) in [4.78, 5) is 15.6. The molecule has 102 valence electrons. The second-order valence-electron chi connectivity index (χ2n) is 5.75. The molecule has 6 heteroatoms. The van der Waals surface area contributed by atoms with Crippen LogP contribution in [-0.4, -0.2) is 29.1 Å². The molecule has 2 rings (SSSR count). The number of hydrogen-bond acceptors (Lipinski definition) is 4. The predicted octanol–water partition coefficient (Wildman–Crippen LogP) is 2.35. The van der Waals surface area contributed by atoms with Crippen LogP contribution in [0.3, 0.4) is 0 Å².